The summed E-state index contributed by atoms with van der Waals surface area (Å²) in [5.41, 5.74) is 1.04. The van der Waals surface area contributed by atoms with Crippen LogP contribution >= 0.6 is 27.5 Å². The first kappa shape index (κ1) is 16.3. The fourth-order valence-corrected chi connectivity index (χ4v) is 5.13. The molecule has 2 aromatic rings. The Labute approximate surface area is 163 Å². The van der Waals surface area contributed by atoms with Gasteiger partial charge in [0.05, 0.1) is 22.9 Å². The number of halogens is 2. The lowest BCUT2D eigenvalue weighted by Crippen LogP contribution is -2.33. The lowest BCUT2D eigenvalue weighted by molar-refractivity contribution is -0.123. The molecule has 0 radical (unpaired) electrons. The molecule has 2 heterocycles. The van der Waals surface area contributed by atoms with Crippen LogP contribution in [0.15, 0.2) is 47.1 Å². The summed E-state index contributed by atoms with van der Waals surface area (Å²) in [5.74, 6) is 0.116. The molecule has 2 aliphatic carbocycles. The molecule has 7 heteroatoms. The fourth-order valence-electron chi connectivity index (χ4n) is 4.51. The summed E-state index contributed by atoms with van der Waals surface area (Å²) in [6.07, 6.45) is 6.90. The van der Waals surface area contributed by atoms with E-state index in [9.17, 15) is 9.59 Å². The number of benzene rings is 1. The maximum atomic E-state index is 12.9. The van der Waals surface area contributed by atoms with Gasteiger partial charge in [0.25, 0.3) is 0 Å². The highest BCUT2D eigenvalue weighted by Gasteiger charge is 2.60. The molecule has 132 valence electrons. The maximum Gasteiger partial charge on any atom is 0.239 e. The minimum Gasteiger partial charge on any atom is -0.274 e. The fraction of sp³-hybridized carbons (Fsp3) is 0.316. The monoisotopic (exact) mass is 431 g/mol. The molecule has 4 atom stereocenters. The third kappa shape index (κ3) is 2.32. The molecule has 5 rings (SSSR count). The van der Waals surface area contributed by atoms with E-state index >= 15 is 0 Å². The zero-order valence-corrected chi connectivity index (χ0v) is 16.0. The van der Waals surface area contributed by atoms with Crippen LogP contribution in [0, 0.1) is 23.7 Å². The van der Waals surface area contributed by atoms with Crippen LogP contribution in [-0.4, -0.2) is 21.6 Å². The van der Waals surface area contributed by atoms with E-state index in [0.717, 1.165) is 12.0 Å². The number of amides is 2. The van der Waals surface area contributed by atoms with E-state index in [1.165, 1.54) is 4.90 Å². The summed E-state index contributed by atoms with van der Waals surface area (Å²) in [5, 5.41) is 5.19. The summed E-state index contributed by atoms with van der Waals surface area (Å²) in [6, 6.07) is 7.51. The molecule has 1 aromatic heterocycles. The average molecular weight is 433 g/mol. The topological polar surface area (TPSA) is 55.2 Å². The average Bonchev–Trinajstić information content (AvgIpc) is 3.35. The van der Waals surface area contributed by atoms with Crippen molar-refractivity contribution < 1.29 is 9.59 Å². The normalized spacial score (nSPS) is 29.1. The molecular weight excluding hydrogens is 418 g/mol. The van der Waals surface area contributed by atoms with E-state index in [-0.39, 0.29) is 35.5 Å². The second-order valence-electron chi connectivity index (χ2n) is 7.14. The molecule has 26 heavy (non-hydrogen) atoms. The van der Waals surface area contributed by atoms with Gasteiger partial charge in [-0.15, -0.1) is 0 Å². The lowest BCUT2D eigenvalue weighted by Gasteiger charge is -2.14. The summed E-state index contributed by atoms with van der Waals surface area (Å²) >= 11 is 9.39. The standard InChI is InChI=1S/C19H15BrClN3O2/c20-14-9-23(8-10-1-5-13(21)6-2-10)22-17(14)24-18(25)15-11-3-4-12(7-11)16(15)19(24)26/h1-6,9,11-12,15-16H,7-8H2/t11-,12+,15-,16+. The molecule has 2 amide bonds. The molecule has 2 fully saturated rings. The van der Waals surface area contributed by atoms with Gasteiger partial charge in [0.2, 0.25) is 11.8 Å². The van der Waals surface area contributed by atoms with Gasteiger partial charge in [-0.1, -0.05) is 35.9 Å². The van der Waals surface area contributed by atoms with Gasteiger partial charge in [0, 0.05) is 11.2 Å². The zero-order chi connectivity index (χ0) is 18.0. The number of fused-ring (bicyclic) bond motifs is 5. The summed E-state index contributed by atoms with van der Waals surface area (Å²) < 4.78 is 2.37. The summed E-state index contributed by atoms with van der Waals surface area (Å²) in [4.78, 5) is 27.1. The number of carbonyl (C=O) groups is 2. The number of aromatic nitrogens is 2. The first-order valence-corrected chi connectivity index (χ1v) is 9.73. The van der Waals surface area contributed by atoms with Gasteiger partial charge in [-0.05, 0) is 51.9 Å². The molecule has 3 aliphatic rings. The van der Waals surface area contributed by atoms with Crippen LogP contribution in [0.2, 0.25) is 5.02 Å². The number of carbonyl (C=O) groups excluding carboxylic acids is 2. The van der Waals surface area contributed by atoms with E-state index in [1.807, 2.05) is 24.3 Å². The van der Waals surface area contributed by atoms with Gasteiger partial charge in [-0.25, -0.2) is 4.90 Å². The van der Waals surface area contributed by atoms with Crippen molar-refractivity contribution in [1.82, 2.24) is 9.78 Å². The second-order valence-corrected chi connectivity index (χ2v) is 8.43. The molecule has 1 saturated heterocycles. The van der Waals surface area contributed by atoms with Crippen molar-refractivity contribution in [2.45, 2.75) is 13.0 Å². The molecule has 2 bridgehead atoms. The largest absolute Gasteiger partial charge is 0.274 e. The Bertz CT molecular complexity index is 922. The number of imide groups is 1. The van der Waals surface area contributed by atoms with Crippen molar-refractivity contribution in [2.75, 3.05) is 4.90 Å². The highest BCUT2D eigenvalue weighted by atomic mass is 79.9. The predicted molar refractivity (Wildman–Crippen MR) is 101 cm³/mol. The smallest absolute Gasteiger partial charge is 0.239 e. The van der Waals surface area contributed by atoms with Crippen molar-refractivity contribution in [3.05, 3.63) is 57.7 Å². The van der Waals surface area contributed by atoms with E-state index in [0.29, 0.717) is 21.9 Å². The quantitative estimate of drug-likeness (QED) is 0.549. The second kappa shape index (κ2) is 5.79. The molecule has 1 aliphatic heterocycles. The Balaban J connectivity index is 1.44. The van der Waals surface area contributed by atoms with Gasteiger partial charge < -0.3 is 0 Å². The summed E-state index contributed by atoms with van der Waals surface area (Å²) in [6.45, 7) is 0.533. The van der Waals surface area contributed by atoms with E-state index in [1.54, 1.807) is 10.9 Å². The summed E-state index contributed by atoms with van der Waals surface area (Å²) in [7, 11) is 0. The van der Waals surface area contributed by atoms with Crippen LogP contribution in [0.5, 0.6) is 0 Å². The van der Waals surface area contributed by atoms with Crippen LogP contribution in [0.1, 0.15) is 12.0 Å². The highest BCUT2D eigenvalue weighted by molar-refractivity contribution is 9.10. The van der Waals surface area contributed by atoms with E-state index in [4.69, 9.17) is 11.6 Å². The van der Waals surface area contributed by atoms with Crippen molar-refractivity contribution in [3.8, 4) is 0 Å². The van der Waals surface area contributed by atoms with Crippen molar-refractivity contribution in [1.29, 1.82) is 0 Å². The molecule has 0 N–H and O–H groups in total. The molecule has 0 spiro atoms. The van der Waals surface area contributed by atoms with Gasteiger partial charge in [0.1, 0.15) is 0 Å². The third-order valence-corrected chi connectivity index (χ3v) is 6.45. The van der Waals surface area contributed by atoms with Crippen molar-refractivity contribution in [3.63, 3.8) is 0 Å². The minimum atomic E-state index is -0.217. The SMILES string of the molecule is O=C1[C@@H]2[C@H](C(=O)N1c1nn(Cc3ccc(Cl)cc3)cc1Br)[C@@H]1C=C[C@H]2C1. The number of hydrogen-bond donors (Lipinski definition) is 0. The number of rotatable bonds is 3. The Morgan fingerprint density at radius 2 is 1.69 bits per heavy atom. The Hall–Kier alpha value is -1.92. The minimum absolute atomic E-state index is 0.116. The lowest BCUT2D eigenvalue weighted by atomic mass is 9.85. The predicted octanol–water partition coefficient (Wildman–Crippen LogP) is 3.66. The number of allylic oxidation sites excluding steroid dienone is 2. The van der Waals surface area contributed by atoms with Gasteiger partial charge in [-0.3, -0.25) is 14.3 Å². The van der Waals surface area contributed by atoms with Crippen LogP contribution in [-0.2, 0) is 16.1 Å². The highest BCUT2D eigenvalue weighted by Crippen LogP contribution is 2.53. The Kier molecular flexibility index (Phi) is 3.62. The zero-order valence-electron chi connectivity index (χ0n) is 13.7. The number of anilines is 1. The van der Waals surface area contributed by atoms with Crippen LogP contribution in [0.25, 0.3) is 0 Å². The number of nitrogens with zero attached hydrogens (tertiary/aromatic N) is 3. The Morgan fingerprint density at radius 1 is 1.08 bits per heavy atom. The van der Waals surface area contributed by atoms with Gasteiger partial charge in [0.15, 0.2) is 5.82 Å². The van der Waals surface area contributed by atoms with Crippen LogP contribution in [0.4, 0.5) is 5.82 Å². The molecule has 1 saturated carbocycles. The third-order valence-electron chi connectivity index (χ3n) is 5.64. The first-order valence-electron chi connectivity index (χ1n) is 8.56. The van der Waals surface area contributed by atoms with Gasteiger partial charge >= 0.3 is 0 Å². The first-order chi connectivity index (χ1) is 12.5. The Morgan fingerprint density at radius 3 is 2.31 bits per heavy atom. The van der Waals surface area contributed by atoms with E-state index < -0.39 is 0 Å². The molecule has 0 unspecified atom stereocenters. The van der Waals surface area contributed by atoms with Crippen LogP contribution < -0.4 is 4.90 Å². The molecule has 5 nitrogen and oxygen atoms in total. The maximum absolute atomic E-state index is 12.9. The van der Waals surface area contributed by atoms with Crippen molar-refractivity contribution in [2.24, 2.45) is 23.7 Å². The van der Waals surface area contributed by atoms with Gasteiger partial charge in [-0.2, -0.15) is 5.10 Å². The number of hydrogen-bond acceptors (Lipinski definition) is 3. The molecular formula is C19H15BrClN3O2. The van der Waals surface area contributed by atoms with Crippen molar-refractivity contribution >= 4 is 45.2 Å². The van der Waals surface area contributed by atoms with E-state index in [2.05, 4.69) is 33.2 Å². The molecule has 1 aromatic carbocycles. The van der Waals surface area contributed by atoms with Crippen LogP contribution in [0.3, 0.4) is 0 Å².